The van der Waals surface area contributed by atoms with Gasteiger partial charge in [-0.25, -0.2) is 0 Å². The third kappa shape index (κ3) is 4.22. The van der Waals surface area contributed by atoms with Gasteiger partial charge in [0.15, 0.2) is 0 Å². The highest BCUT2D eigenvalue weighted by Crippen LogP contribution is 2.44. The van der Waals surface area contributed by atoms with Crippen molar-refractivity contribution >= 4 is 5.97 Å². The summed E-state index contributed by atoms with van der Waals surface area (Å²) in [6, 6.07) is 0. The molecule has 2 rings (SSSR count). The predicted molar refractivity (Wildman–Crippen MR) is 106 cm³/mol. The molecule has 1 unspecified atom stereocenters. The third-order valence-corrected chi connectivity index (χ3v) is 5.46. The van der Waals surface area contributed by atoms with Crippen LogP contribution in [0.4, 0.5) is 0 Å². The van der Waals surface area contributed by atoms with Crippen molar-refractivity contribution in [1.82, 2.24) is 4.90 Å². The summed E-state index contributed by atoms with van der Waals surface area (Å²) in [5.41, 5.74) is 3.63. The van der Waals surface area contributed by atoms with Crippen molar-refractivity contribution in [3.63, 3.8) is 0 Å². The lowest BCUT2D eigenvalue weighted by molar-refractivity contribution is -0.143. The Bertz CT molecular complexity index is 701. The Morgan fingerprint density at radius 3 is 2.31 bits per heavy atom. The van der Waals surface area contributed by atoms with Gasteiger partial charge in [0.1, 0.15) is 17.1 Å². The van der Waals surface area contributed by atoms with Gasteiger partial charge >= 0.3 is 5.97 Å². The highest BCUT2D eigenvalue weighted by Gasteiger charge is 2.35. The summed E-state index contributed by atoms with van der Waals surface area (Å²) in [6.07, 6.45) is 2.92. The van der Waals surface area contributed by atoms with Crippen LogP contribution in [0.5, 0.6) is 11.5 Å². The van der Waals surface area contributed by atoms with Gasteiger partial charge in [0, 0.05) is 12.1 Å². The number of hydrogen-bond acceptors (Lipinski definition) is 4. The van der Waals surface area contributed by atoms with Gasteiger partial charge in [0.25, 0.3) is 0 Å². The van der Waals surface area contributed by atoms with Gasteiger partial charge in [-0.2, -0.15) is 0 Å². The van der Waals surface area contributed by atoms with Gasteiger partial charge in [0.05, 0.1) is 5.41 Å². The highest BCUT2D eigenvalue weighted by molar-refractivity contribution is 5.79. The fourth-order valence-electron chi connectivity index (χ4n) is 3.32. The van der Waals surface area contributed by atoms with Gasteiger partial charge in [-0.05, 0) is 98.5 Å². The van der Waals surface area contributed by atoms with E-state index < -0.39 is 5.41 Å². The first-order chi connectivity index (χ1) is 11.9. The Hall–Kier alpha value is -1.55. The quantitative estimate of drug-likeness (QED) is 0.580. The predicted octanol–water partition coefficient (Wildman–Crippen LogP) is 4.60. The topological polar surface area (TPSA) is 38.8 Å². The van der Waals surface area contributed by atoms with Crippen molar-refractivity contribution in [2.45, 2.75) is 73.3 Å². The zero-order valence-electron chi connectivity index (χ0n) is 18.0. The molecular weight excluding hydrogens is 326 g/mol. The molecule has 0 bridgehead atoms. The minimum Gasteiger partial charge on any atom is -0.487 e. The number of rotatable bonds is 4. The van der Waals surface area contributed by atoms with Crippen LogP contribution in [0.15, 0.2) is 0 Å². The molecule has 1 aliphatic heterocycles. The van der Waals surface area contributed by atoms with E-state index in [0.717, 1.165) is 48.2 Å². The molecule has 4 nitrogen and oxygen atoms in total. The Labute approximate surface area is 158 Å². The van der Waals surface area contributed by atoms with E-state index in [1.54, 1.807) is 0 Å². The molecule has 146 valence electrons. The van der Waals surface area contributed by atoms with Crippen LogP contribution in [0.1, 0.15) is 62.8 Å². The Balaban J connectivity index is 2.38. The second-order valence-electron chi connectivity index (χ2n) is 9.26. The first-order valence-corrected chi connectivity index (χ1v) is 9.54. The van der Waals surface area contributed by atoms with Crippen LogP contribution in [0.3, 0.4) is 0 Å². The Morgan fingerprint density at radius 1 is 1.15 bits per heavy atom. The van der Waals surface area contributed by atoms with Crippen molar-refractivity contribution in [1.29, 1.82) is 0 Å². The molecule has 1 aromatic rings. The molecule has 1 aliphatic rings. The van der Waals surface area contributed by atoms with E-state index in [1.165, 1.54) is 5.56 Å². The minimum absolute atomic E-state index is 0.148. The van der Waals surface area contributed by atoms with Crippen LogP contribution < -0.4 is 9.47 Å². The van der Waals surface area contributed by atoms with E-state index in [1.807, 2.05) is 34.6 Å². The molecular formula is C22H35NO3. The maximum absolute atomic E-state index is 12.4. The lowest BCUT2D eigenvalue weighted by Gasteiger charge is -2.39. The van der Waals surface area contributed by atoms with Gasteiger partial charge in [-0.15, -0.1) is 0 Å². The maximum Gasteiger partial charge on any atom is 0.316 e. The summed E-state index contributed by atoms with van der Waals surface area (Å²) in [5, 5.41) is 0. The largest absolute Gasteiger partial charge is 0.487 e. The highest BCUT2D eigenvalue weighted by atomic mass is 16.5. The maximum atomic E-state index is 12.4. The molecule has 0 spiro atoms. The van der Waals surface area contributed by atoms with Gasteiger partial charge < -0.3 is 14.4 Å². The van der Waals surface area contributed by atoms with Gasteiger partial charge in [-0.3, -0.25) is 4.79 Å². The van der Waals surface area contributed by atoms with Crippen molar-refractivity contribution in [3.8, 4) is 11.5 Å². The average molecular weight is 362 g/mol. The molecule has 1 heterocycles. The van der Waals surface area contributed by atoms with Crippen LogP contribution >= 0.6 is 0 Å². The molecule has 0 radical (unpaired) electrons. The lowest BCUT2D eigenvalue weighted by Crippen LogP contribution is -2.39. The molecule has 0 fully saturated rings. The van der Waals surface area contributed by atoms with E-state index in [-0.39, 0.29) is 11.6 Å². The van der Waals surface area contributed by atoms with Crippen LogP contribution in [0, 0.1) is 26.2 Å². The molecule has 0 aromatic heterocycles. The summed E-state index contributed by atoms with van der Waals surface area (Å²) >= 11 is 0. The number of benzene rings is 1. The molecule has 0 N–H and O–H groups in total. The normalized spacial score (nSPS) is 19.9. The molecule has 0 saturated heterocycles. The van der Waals surface area contributed by atoms with Crippen LogP contribution in [0.25, 0.3) is 0 Å². The standard InChI is InChI=1S/C22H35NO3/c1-14-15(2)19-17(10-11-22(7,26-19)12-13-23(8)9)16(3)18(14)25-20(24)21(4,5)6/h10-13H2,1-9H3. The first-order valence-electron chi connectivity index (χ1n) is 9.54. The van der Waals surface area contributed by atoms with Gasteiger partial charge in [-0.1, -0.05) is 0 Å². The summed E-state index contributed by atoms with van der Waals surface area (Å²) in [4.78, 5) is 14.6. The van der Waals surface area contributed by atoms with Crippen LogP contribution in [0.2, 0.25) is 0 Å². The summed E-state index contributed by atoms with van der Waals surface area (Å²) in [6.45, 7) is 15.0. The molecule has 4 heteroatoms. The van der Waals surface area contributed by atoms with E-state index in [0.29, 0.717) is 5.75 Å². The van der Waals surface area contributed by atoms with E-state index >= 15 is 0 Å². The van der Waals surface area contributed by atoms with E-state index in [2.05, 4.69) is 32.8 Å². The molecule has 1 atom stereocenters. The van der Waals surface area contributed by atoms with Crippen molar-refractivity contribution in [2.24, 2.45) is 5.41 Å². The van der Waals surface area contributed by atoms with E-state index in [9.17, 15) is 4.79 Å². The molecule has 0 saturated carbocycles. The van der Waals surface area contributed by atoms with Crippen LogP contribution in [-0.4, -0.2) is 37.1 Å². The molecule has 1 aromatic carbocycles. The number of carbonyl (C=O) groups excluding carboxylic acids is 1. The van der Waals surface area contributed by atoms with Gasteiger partial charge in [0.2, 0.25) is 0 Å². The number of hydrogen-bond donors (Lipinski definition) is 0. The zero-order valence-corrected chi connectivity index (χ0v) is 18.0. The van der Waals surface area contributed by atoms with Crippen molar-refractivity contribution in [3.05, 3.63) is 22.3 Å². The van der Waals surface area contributed by atoms with Crippen LogP contribution in [-0.2, 0) is 11.2 Å². The molecule has 0 amide bonds. The number of esters is 1. The fourth-order valence-corrected chi connectivity index (χ4v) is 3.32. The first kappa shape index (κ1) is 20.8. The van der Waals surface area contributed by atoms with Crippen molar-refractivity contribution < 1.29 is 14.3 Å². The number of ether oxygens (including phenoxy) is 2. The number of nitrogens with zero attached hydrogens (tertiary/aromatic N) is 1. The monoisotopic (exact) mass is 361 g/mol. The second kappa shape index (κ2) is 7.22. The SMILES string of the molecule is Cc1c(C)c2c(c(C)c1OC(=O)C(C)(C)C)CCC(C)(CCN(C)C)O2. The summed E-state index contributed by atoms with van der Waals surface area (Å²) in [5.74, 6) is 1.50. The Kier molecular flexibility index (Phi) is 5.77. The molecule has 0 aliphatic carbocycles. The lowest BCUT2D eigenvalue weighted by atomic mass is 9.85. The molecule has 26 heavy (non-hydrogen) atoms. The number of fused-ring (bicyclic) bond motifs is 1. The third-order valence-electron chi connectivity index (χ3n) is 5.46. The number of carbonyl (C=O) groups is 1. The average Bonchev–Trinajstić information content (AvgIpc) is 2.54. The fraction of sp³-hybridized carbons (Fsp3) is 0.682. The smallest absolute Gasteiger partial charge is 0.316 e. The van der Waals surface area contributed by atoms with Crippen molar-refractivity contribution in [2.75, 3.05) is 20.6 Å². The Morgan fingerprint density at radius 2 is 1.77 bits per heavy atom. The van der Waals surface area contributed by atoms with E-state index in [4.69, 9.17) is 9.47 Å². The summed E-state index contributed by atoms with van der Waals surface area (Å²) in [7, 11) is 4.19. The second-order valence-corrected chi connectivity index (χ2v) is 9.26. The zero-order chi connectivity index (χ0) is 19.9. The summed E-state index contributed by atoms with van der Waals surface area (Å²) < 4.78 is 12.3. The minimum atomic E-state index is -0.524.